The van der Waals surface area contributed by atoms with Gasteiger partial charge in [0.15, 0.2) is 11.5 Å². The van der Waals surface area contributed by atoms with Crippen LogP contribution in [0, 0.1) is 0 Å². The van der Waals surface area contributed by atoms with Gasteiger partial charge in [-0.1, -0.05) is 12.1 Å². The van der Waals surface area contributed by atoms with Crippen molar-refractivity contribution in [3.8, 4) is 0 Å². The third-order valence-corrected chi connectivity index (χ3v) is 4.18. The smallest absolute Gasteiger partial charge is 0.278 e. The van der Waals surface area contributed by atoms with Gasteiger partial charge in [-0.2, -0.15) is 5.10 Å². The lowest BCUT2D eigenvalue weighted by atomic mass is 10.1. The number of benzene rings is 1. The van der Waals surface area contributed by atoms with Gasteiger partial charge in [0.2, 0.25) is 0 Å². The number of nitrogens with one attached hydrogen (secondary N) is 2. The van der Waals surface area contributed by atoms with Crippen LogP contribution in [0.4, 0.5) is 11.5 Å². The zero-order valence-electron chi connectivity index (χ0n) is 16.5. The van der Waals surface area contributed by atoms with E-state index >= 15 is 0 Å². The Bertz CT molecular complexity index is 1020. The first-order chi connectivity index (χ1) is 14.6. The first kappa shape index (κ1) is 20.9. The van der Waals surface area contributed by atoms with Gasteiger partial charge < -0.3 is 21.1 Å². The maximum Gasteiger partial charge on any atom is 0.278 e. The van der Waals surface area contributed by atoms with Crippen LogP contribution in [0.1, 0.15) is 32.8 Å². The lowest BCUT2D eigenvalue weighted by Gasteiger charge is -2.07. The molecule has 3 aromatic rings. The van der Waals surface area contributed by atoms with Crippen molar-refractivity contribution < 1.29 is 14.3 Å². The average Bonchev–Trinajstić information content (AvgIpc) is 3.18. The number of aromatic nitrogens is 4. The molecule has 0 radical (unpaired) electrons. The van der Waals surface area contributed by atoms with Crippen molar-refractivity contribution in [1.82, 2.24) is 25.1 Å². The second-order valence-electron chi connectivity index (χ2n) is 6.47. The third-order valence-electron chi connectivity index (χ3n) is 4.18. The molecule has 0 aliphatic rings. The Labute approximate surface area is 173 Å². The fraction of sp³-hybridized carbons (Fsp3) is 0.250. The lowest BCUT2D eigenvalue weighted by Crippen LogP contribution is -2.25. The largest absolute Gasteiger partial charge is 0.385 e. The van der Waals surface area contributed by atoms with Gasteiger partial charge >= 0.3 is 0 Å². The van der Waals surface area contributed by atoms with E-state index in [1.807, 2.05) is 18.2 Å². The predicted molar refractivity (Wildman–Crippen MR) is 111 cm³/mol. The lowest BCUT2D eigenvalue weighted by molar-refractivity contribution is 0.0947. The molecule has 2 aromatic heterocycles. The number of rotatable bonds is 9. The maximum absolute atomic E-state index is 12.3. The van der Waals surface area contributed by atoms with Crippen LogP contribution in [0.3, 0.4) is 0 Å². The molecule has 0 saturated carbocycles. The number of methoxy groups -OCH3 is 1. The summed E-state index contributed by atoms with van der Waals surface area (Å²) in [5.74, 6) is -0.546. The van der Waals surface area contributed by atoms with Crippen LogP contribution >= 0.6 is 0 Å². The molecule has 10 heteroatoms. The third kappa shape index (κ3) is 5.61. The number of anilines is 2. The molecular weight excluding hydrogens is 386 g/mol. The van der Waals surface area contributed by atoms with Gasteiger partial charge in [0, 0.05) is 44.4 Å². The zero-order valence-corrected chi connectivity index (χ0v) is 16.5. The summed E-state index contributed by atoms with van der Waals surface area (Å²) in [4.78, 5) is 32.3. The summed E-state index contributed by atoms with van der Waals surface area (Å²) in [6.07, 6.45) is 6.77. The second-order valence-corrected chi connectivity index (χ2v) is 6.47. The molecule has 0 atom stereocenters. The Kier molecular flexibility index (Phi) is 7.06. The SMILES string of the molecule is COCCCNC(=O)c1cccc(Cn2cc(NC(=O)c3nccnc3N)cn2)c1. The van der Waals surface area contributed by atoms with Crippen LogP contribution in [0.15, 0.2) is 49.1 Å². The van der Waals surface area contributed by atoms with Gasteiger partial charge in [-0.05, 0) is 24.1 Å². The van der Waals surface area contributed by atoms with Crippen LogP contribution in [0.25, 0.3) is 0 Å². The van der Waals surface area contributed by atoms with E-state index in [1.165, 1.54) is 18.6 Å². The first-order valence-electron chi connectivity index (χ1n) is 9.33. The molecule has 0 aliphatic heterocycles. The molecule has 0 spiro atoms. The quantitative estimate of drug-likeness (QED) is 0.453. The predicted octanol–water partition coefficient (Wildman–Crippen LogP) is 1.32. The fourth-order valence-electron chi connectivity index (χ4n) is 2.75. The van der Waals surface area contributed by atoms with Crippen molar-refractivity contribution in [2.75, 3.05) is 31.3 Å². The Hall–Kier alpha value is -3.79. The van der Waals surface area contributed by atoms with Crippen molar-refractivity contribution in [3.63, 3.8) is 0 Å². The summed E-state index contributed by atoms with van der Waals surface area (Å²) in [6, 6.07) is 7.30. The molecule has 30 heavy (non-hydrogen) atoms. The van der Waals surface area contributed by atoms with Gasteiger partial charge in [-0.25, -0.2) is 9.97 Å². The van der Waals surface area contributed by atoms with E-state index in [2.05, 4.69) is 25.7 Å². The van der Waals surface area contributed by atoms with E-state index in [0.717, 1.165) is 12.0 Å². The number of carbonyl (C=O) groups is 2. The molecule has 2 amide bonds. The Morgan fingerprint density at radius 2 is 2.03 bits per heavy atom. The number of nitrogens with zero attached hydrogens (tertiary/aromatic N) is 4. The van der Waals surface area contributed by atoms with Crippen molar-refractivity contribution in [2.45, 2.75) is 13.0 Å². The summed E-state index contributed by atoms with van der Waals surface area (Å²) in [7, 11) is 1.63. The van der Waals surface area contributed by atoms with Crippen molar-refractivity contribution >= 4 is 23.3 Å². The number of nitrogens with two attached hydrogens (primary N) is 1. The number of carbonyl (C=O) groups excluding carboxylic acids is 2. The number of hydrogen-bond acceptors (Lipinski definition) is 7. The molecule has 0 unspecified atom stereocenters. The summed E-state index contributed by atoms with van der Waals surface area (Å²) < 4.78 is 6.63. The number of amides is 2. The maximum atomic E-state index is 12.3. The molecule has 0 saturated heterocycles. The minimum absolute atomic E-state index is 0.0504. The molecular formula is C20H23N7O3. The number of nitrogen functional groups attached to an aromatic ring is 1. The molecule has 0 bridgehead atoms. The standard InChI is InChI=1S/C20H23N7O3/c1-30-9-3-6-24-19(28)15-5-2-4-14(10-15)12-27-13-16(11-25-27)26-20(29)17-18(21)23-8-7-22-17/h2,4-5,7-8,10-11,13H,3,6,9,12H2,1H3,(H2,21,23)(H,24,28)(H,26,29). The van der Waals surface area contributed by atoms with Crippen molar-refractivity contribution in [1.29, 1.82) is 0 Å². The normalized spacial score (nSPS) is 10.6. The number of ether oxygens (including phenoxy) is 1. The van der Waals surface area contributed by atoms with Crippen LogP contribution < -0.4 is 16.4 Å². The minimum atomic E-state index is -0.465. The van der Waals surface area contributed by atoms with Crippen molar-refractivity contribution in [2.24, 2.45) is 0 Å². The molecule has 3 rings (SSSR count). The van der Waals surface area contributed by atoms with E-state index in [0.29, 0.717) is 30.9 Å². The van der Waals surface area contributed by atoms with E-state index in [9.17, 15) is 9.59 Å². The highest BCUT2D eigenvalue weighted by Gasteiger charge is 2.13. The van der Waals surface area contributed by atoms with Crippen LogP contribution in [0.2, 0.25) is 0 Å². The fourth-order valence-corrected chi connectivity index (χ4v) is 2.75. The summed E-state index contributed by atoms with van der Waals surface area (Å²) in [6.45, 7) is 1.59. The van der Waals surface area contributed by atoms with Gasteiger partial charge in [-0.3, -0.25) is 14.3 Å². The molecule has 1 aromatic carbocycles. The molecule has 2 heterocycles. The summed E-state index contributed by atoms with van der Waals surface area (Å²) in [5, 5.41) is 9.80. The van der Waals surface area contributed by atoms with E-state index in [4.69, 9.17) is 10.5 Å². The van der Waals surface area contributed by atoms with Gasteiger partial charge in [0.1, 0.15) is 0 Å². The van der Waals surface area contributed by atoms with E-state index in [1.54, 1.807) is 24.1 Å². The highest BCUT2D eigenvalue weighted by molar-refractivity contribution is 6.05. The highest BCUT2D eigenvalue weighted by atomic mass is 16.5. The second kappa shape index (κ2) is 10.1. The van der Waals surface area contributed by atoms with Crippen LogP contribution in [-0.2, 0) is 11.3 Å². The Balaban J connectivity index is 1.60. The molecule has 10 nitrogen and oxygen atoms in total. The molecule has 156 valence electrons. The zero-order chi connectivity index (χ0) is 21.3. The minimum Gasteiger partial charge on any atom is -0.385 e. The molecule has 0 fully saturated rings. The van der Waals surface area contributed by atoms with E-state index < -0.39 is 5.91 Å². The number of hydrogen-bond donors (Lipinski definition) is 3. The Morgan fingerprint density at radius 1 is 1.20 bits per heavy atom. The molecule has 4 N–H and O–H groups in total. The van der Waals surface area contributed by atoms with Gasteiger partial charge in [-0.15, -0.1) is 0 Å². The average molecular weight is 409 g/mol. The van der Waals surface area contributed by atoms with Gasteiger partial charge in [0.05, 0.1) is 18.4 Å². The monoisotopic (exact) mass is 409 g/mol. The highest BCUT2D eigenvalue weighted by Crippen LogP contribution is 2.12. The topological polar surface area (TPSA) is 137 Å². The van der Waals surface area contributed by atoms with Gasteiger partial charge in [0.25, 0.3) is 11.8 Å². The summed E-state index contributed by atoms with van der Waals surface area (Å²) in [5.41, 5.74) is 7.69. The Morgan fingerprint density at radius 3 is 2.83 bits per heavy atom. The summed E-state index contributed by atoms with van der Waals surface area (Å²) >= 11 is 0. The first-order valence-corrected chi connectivity index (χ1v) is 9.33. The van der Waals surface area contributed by atoms with Crippen LogP contribution in [0.5, 0.6) is 0 Å². The van der Waals surface area contributed by atoms with E-state index in [-0.39, 0.29) is 17.4 Å². The van der Waals surface area contributed by atoms with Crippen LogP contribution in [-0.4, -0.2) is 51.8 Å². The van der Waals surface area contributed by atoms with Crippen molar-refractivity contribution in [3.05, 3.63) is 65.9 Å². The molecule has 0 aliphatic carbocycles.